The van der Waals surface area contributed by atoms with E-state index in [1.165, 1.54) is 6.42 Å². The van der Waals surface area contributed by atoms with Crippen molar-refractivity contribution in [3.63, 3.8) is 0 Å². The van der Waals surface area contributed by atoms with Gasteiger partial charge in [-0.1, -0.05) is 34.1 Å². The molecular formula is C12H24Cl2. The summed E-state index contributed by atoms with van der Waals surface area (Å²) >= 11 is 12.2. The molecule has 1 unspecified atom stereocenters. The summed E-state index contributed by atoms with van der Waals surface area (Å²) in [7, 11) is 0. The van der Waals surface area contributed by atoms with Gasteiger partial charge in [0.15, 0.2) is 0 Å². The molecule has 0 aliphatic heterocycles. The molecule has 1 atom stereocenters. The molecule has 0 aromatic carbocycles. The highest BCUT2D eigenvalue weighted by molar-refractivity contribution is 6.21. The van der Waals surface area contributed by atoms with Gasteiger partial charge >= 0.3 is 0 Å². The molecule has 0 aliphatic rings. The van der Waals surface area contributed by atoms with Crippen LogP contribution >= 0.6 is 23.2 Å². The summed E-state index contributed by atoms with van der Waals surface area (Å²) < 4.78 is 0. The first-order valence-corrected chi connectivity index (χ1v) is 6.68. The summed E-state index contributed by atoms with van der Waals surface area (Å²) in [6.45, 7) is 9.00. The molecule has 0 nitrogen and oxygen atoms in total. The number of hydrogen-bond acceptors (Lipinski definition) is 0. The van der Waals surface area contributed by atoms with Crippen molar-refractivity contribution in [2.45, 2.75) is 47.0 Å². The molecular weight excluding hydrogens is 215 g/mol. The Labute approximate surface area is 99.4 Å². The Morgan fingerprint density at radius 2 is 1.50 bits per heavy atom. The van der Waals surface area contributed by atoms with Gasteiger partial charge in [-0.05, 0) is 30.1 Å². The van der Waals surface area contributed by atoms with E-state index < -0.39 is 0 Å². The van der Waals surface area contributed by atoms with Gasteiger partial charge in [0.1, 0.15) is 0 Å². The average Bonchev–Trinajstić information content (AvgIpc) is 2.15. The standard InChI is InChI=1S/C12H24Cl2/c1-5-11(4)7-12(8-13,9-14)6-10(2)3/h10-11H,5-9H2,1-4H3. The van der Waals surface area contributed by atoms with Crippen LogP contribution in [0.2, 0.25) is 0 Å². The van der Waals surface area contributed by atoms with Gasteiger partial charge in [0.05, 0.1) is 0 Å². The lowest BCUT2D eigenvalue weighted by atomic mass is 9.76. The molecule has 0 spiro atoms. The first kappa shape index (κ1) is 14.6. The van der Waals surface area contributed by atoms with Gasteiger partial charge in [-0.15, -0.1) is 23.2 Å². The molecule has 86 valence electrons. The molecule has 0 N–H and O–H groups in total. The average molecular weight is 239 g/mol. The Hall–Kier alpha value is 0.580. The van der Waals surface area contributed by atoms with Crippen molar-refractivity contribution < 1.29 is 0 Å². The predicted molar refractivity (Wildman–Crippen MR) is 67.4 cm³/mol. The molecule has 0 saturated heterocycles. The molecule has 0 radical (unpaired) electrons. The van der Waals surface area contributed by atoms with Crippen LogP contribution in [0, 0.1) is 17.3 Å². The molecule has 0 aromatic rings. The van der Waals surface area contributed by atoms with E-state index >= 15 is 0 Å². The smallest absolute Gasteiger partial charge is 0.0291 e. The maximum absolute atomic E-state index is 6.09. The third-order valence-electron chi connectivity index (χ3n) is 2.89. The van der Waals surface area contributed by atoms with Gasteiger partial charge in [-0.3, -0.25) is 0 Å². The van der Waals surface area contributed by atoms with Gasteiger partial charge in [-0.25, -0.2) is 0 Å². The highest BCUT2D eigenvalue weighted by Gasteiger charge is 2.30. The summed E-state index contributed by atoms with van der Waals surface area (Å²) in [5.41, 5.74) is 0.159. The van der Waals surface area contributed by atoms with Crippen molar-refractivity contribution in [3.8, 4) is 0 Å². The highest BCUT2D eigenvalue weighted by Crippen LogP contribution is 2.37. The first-order valence-electron chi connectivity index (χ1n) is 5.61. The minimum atomic E-state index is 0.159. The predicted octanol–water partition coefficient (Wildman–Crippen LogP) is 4.93. The van der Waals surface area contributed by atoms with Crippen LogP contribution in [0.3, 0.4) is 0 Å². The van der Waals surface area contributed by atoms with E-state index in [-0.39, 0.29) is 5.41 Å². The van der Waals surface area contributed by atoms with Crippen LogP contribution in [0.1, 0.15) is 47.0 Å². The van der Waals surface area contributed by atoms with Crippen molar-refractivity contribution >= 4 is 23.2 Å². The zero-order chi connectivity index (χ0) is 11.2. The normalized spacial score (nSPS) is 14.8. The molecule has 0 heterocycles. The van der Waals surface area contributed by atoms with Crippen molar-refractivity contribution in [2.75, 3.05) is 11.8 Å². The molecule has 0 aliphatic carbocycles. The SMILES string of the molecule is CCC(C)CC(CCl)(CCl)CC(C)C. The number of hydrogen-bond donors (Lipinski definition) is 0. The lowest BCUT2D eigenvalue weighted by molar-refractivity contribution is 0.232. The number of halogens is 2. The van der Waals surface area contributed by atoms with Crippen LogP contribution in [0.4, 0.5) is 0 Å². The van der Waals surface area contributed by atoms with E-state index in [1.807, 2.05) is 0 Å². The van der Waals surface area contributed by atoms with Crippen LogP contribution in [-0.2, 0) is 0 Å². The summed E-state index contributed by atoms with van der Waals surface area (Å²) in [5.74, 6) is 2.79. The lowest BCUT2D eigenvalue weighted by Crippen LogP contribution is -2.29. The molecule has 0 amide bonds. The Kier molecular flexibility index (Phi) is 7.24. The fourth-order valence-electron chi connectivity index (χ4n) is 2.09. The minimum absolute atomic E-state index is 0.159. The maximum atomic E-state index is 6.09. The van der Waals surface area contributed by atoms with Gasteiger partial charge in [-0.2, -0.15) is 0 Å². The number of rotatable bonds is 7. The van der Waals surface area contributed by atoms with Crippen LogP contribution in [0.25, 0.3) is 0 Å². The van der Waals surface area contributed by atoms with E-state index in [0.29, 0.717) is 17.7 Å². The zero-order valence-electron chi connectivity index (χ0n) is 9.95. The van der Waals surface area contributed by atoms with E-state index in [1.54, 1.807) is 0 Å². The van der Waals surface area contributed by atoms with Crippen molar-refractivity contribution in [2.24, 2.45) is 17.3 Å². The maximum Gasteiger partial charge on any atom is 0.0291 e. The Bertz CT molecular complexity index is 139. The quantitative estimate of drug-likeness (QED) is 0.552. The fourth-order valence-corrected chi connectivity index (χ4v) is 2.81. The van der Waals surface area contributed by atoms with E-state index in [0.717, 1.165) is 18.8 Å². The fraction of sp³-hybridized carbons (Fsp3) is 1.00. The largest absolute Gasteiger partial charge is 0.126 e. The molecule has 0 rings (SSSR count). The minimum Gasteiger partial charge on any atom is -0.126 e. The molecule has 2 heteroatoms. The second kappa shape index (κ2) is 6.95. The number of alkyl halides is 2. The monoisotopic (exact) mass is 238 g/mol. The van der Waals surface area contributed by atoms with Gasteiger partial charge < -0.3 is 0 Å². The van der Waals surface area contributed by atoms with Crippen LogP contribution < -0.4 is 0 Å². The second-order valence-electron chi connectivity index (χ2n) is 5.08. The molecule has 0 bridgehead atoms. The summed E-state index contributed by atoms with van der Waals surface area (Å²) in [6, 6.07) is 0. The van der Waals surface area contributed by atoms with Crippen molar-refractivity contribution in [3.05, 3.63) is 0 Å². The van der Waals surface area contributed by atoms with E-state index in [2.05, 4.69) is 27.7 Å². The van der Waals surface area contributed by atoms with Crippen LogP contribution in [0.15, 0.2) is 0 Å². The lowest BCUT2D eigenvalue weighted by Gasteiger charge is -2.33. The Morgan fingerprint density at radius 1 is 1.00 bits per heavy atom. The van der Waals surface area contributed by atoms with Gasteiger partial charge in [0, 0.05) is 11.8 Å². The second-order valence-corrected chi connectivity index (χ2v) is 5.62. The third kappa shape index (κ3) is 4.89. The van der Waals surface area contributed by atoms with Crippen LogP contribution in [0.5, 0.6) is 0 Å². The van der Waals surface area contributed by atoms with Crippen molar-refractivity contribution in [1.29, 1.82) is 0 Å². The first-order chi connectivity index (χ1) is 6.49. The van der Waals surface area contributed by atoms with Gasteiger partial charge in [0.2, 0.25) is 0 Å². The van der Waals surface area contributed by atoms with Gasteiger partial charge in [0.25, 0.3) is 0 Å². The van der Waals surface area contributed by atoms with Crippen molar-refractivity contribution in [1.82, 2.24) is 0 Å². The Balaban J connectivity index is 4.36. The molecule has 14 heavy (non-hydrogen) atoms. The van der Waals surface area contributed by atoms with Crippen LogP contribution in [-0.4, -0.2) is 11.8 Å². The highest BCUT2D eigenvalue weighted by atomic mass is 35.5. The summed E-state index contributed by atoms with van der Waals surface area (Å²) in [6.07, 6.45) is 3.52. The van der Waals surface area contributed by atoms with E-state index in [9.17, 15) is 0 Å². The molecule has 0 fully saturated rings. The molecule has 0 aromatic heterocycles. The third-order valence-corrected chi connectivity index (χ3v) is 4.02. The van der Waals surface area contributed by atoms with E-state index in [4.69, 9.17) is 23.2 Å². The molecule has 0 saturated carbocycles. The summed E-state index contributed by atoms with van der Waals surface area (Å²) in [4.78, 5) is 0. The summed E-state index contributed by atoms with van der Waals surface area (Å²) in [5, 5.41) is 0. The topological polar surface area (TPSA) is 0 Å². The Morgan fingerprint density at radius 3 is 1.79 bits per heavy atom. The zero-order valence-corrected chi connectivity index (χ0v) is 11.5.